The number of ether oxygens (including phenoxy) is 2. The number of nitrogens with zero attached hydrogens (tertiary/aromatic N) is 1. The second-order valence-corrected chi connectivity index (χ2v) is 10.7. The number of hydrogen-bond donors (Lipinski definition) is 1. The molecule has 2 rings (SSSR count). The van der Waals surface area contributed by atoms with Gasteiger partial charge in [-0.15, -0.1) is 0 Å². The molecule has 0 aromatic heterocycles. The molecule has 1 aromatic rings. The molecule has 178 valence electrons. The standard InChI is InChI=1S/C23H40N2O5S/c1-17-18(2)22(19(3)20-11-12-23(4,5)30-21(17)20)31(26,27)25(29-16-10-13-24)14-8-7-9-15-28-6/h7-16,24H2,1-6H3. The Bertz CT molecular complexity index is 852. The minimum Gasteiger partial charge on any atom is -0.487 e. The summed E-state index contributed by atoms with van der Waals surface area (Å²) in [5.74, 6) is 0.834. The van der Waals surface area contributed by atoms with Crippen molar-refractivity contribution < 1.29 is 22.7 Å². The van der Waals surface area contributed by atoms with Gasteiger partial charge in [-0.25, -0.2) is 8.42 Å². The topological polar surface area (TPSA) is 91.1 Å². The maximum Gasteiger partial charge on any atom is 0.265 e. The highest BCUT2D eigenvalue weighted by Gasteiger charge is 2.36. The molecule has 0 aliphatic carbocycles. The number of nitrogens with two attached hydrogens (primary N) is 1. The molecule has 8 heteroatoms. The van der Waals surface area contributed by atoms with Crippen molar-refractivity contribution in [3.05, 3.63) is 22.3 Å². The fraction of sp³-hybridized carbons (Fsp3) is 0.739. The van der Waals surface area contributed by atoms with Gasteiger partial charge in [-0.05, 0) is 102 Å². The zero-order valence-corrected chi connectivity index (χ0v) is 20.9. The van der Waals surface area contributed by atoms with E-state index in [0.29, 0.717) is 37.4 Å². The van der Waals surface area contributed by atoms with Crippen molar-refractivity contribution >= 4 is 10.0 Å². The number of sulfonamides is 1. The molecule has 1 aliphatic heterocycles. The first-order valence-electron chi connectivity index (χ1n) is 11.2. The lowest BCUT2D eigenvalue weighted by atomic mass is 9.88. The molecule has 1 aromatic carbocycles. The van der Waals surface area contributed by atoms with E-state index < -0.39 is 10.0 Å². The second kappa shape index (κ2) is 11.1. The molecule has 0 fully saturated rings. The van der Waals surface area contributed by atoms with Gasteiger partial charge in [0.1, 0.15) is 11.4 Å². The van der Waals surface area contributed by atoms with Gasteiger partial charge in [0.2, 0.25) is 0 Å². The monoisotopic (exact) mass is 456 g/mol. The highest BCUT2D eigenvalue weighted by Crippen LogP contribution is 2.42. The van der Waals surface area contributed by atoms with Crippen LogP contribution in [-0.2, 0) is 26.0 Å². The van der Waals surface area contributed by atoms with E-state index in [9.17, 15) is 8.42 Å². The normalized spacial score (nSPS) is 15.7. The maximum absolute atomic E-state index is 13.8. The number of fused-ring (bicyclic) bond motifs is 1. The molecule has 31 heavy (non-hydrogen) atoms. The predicted octanol–water partition coefficient (Wildman–Crippen LogP) is 3.80. The fourth-order valence-corrected chi connectivity index (χ4v) is 5.84. The minimum absolute atomic E-state index is 0.253. The Morgan fingerprint density at radius 3 is 2.39 bits per heavy atom. The van der Waals surface area contributed by atoms with Crippen molar-refractivity contribution in [1.82, 2.24) is 4.47 Å². The zero-order chi connectivity index (χ0) is 23.2. The Balaban J connectivity index is 2.40. The van der Waals surface area contributed by atoms with Crippen LogP contribution in [0.15, 0.2) is 4.90 Å². The molecule has 1 aliphatic rings. The third-order valence-electron chi connectivity index (χ3n) is 5.97. The molecule has 0 amide bonds. The summed E-state index contributed by atoms with van der Waals surface area (Å²) in [5, 5.41) is 0. The van der Waals surface area contributed by atoms with E-state index in [4.69, 9.17) is 20.0 Å². The Morgan fingerprint density at radius 2 is 1.74 bits per heavy atom. The Kier molecular flexibility index (Phi) is 9.33. The average molecular weight is 457 g/mol. The molecule has 1 heterocycles. The second-order valence-electron chi connectivity index (χ2n) is 8.93. The van der Waals surface area contributed by atoms with Crippen LogP contribution in [0.25, 0.3) is 0 Å². The van der Waals surface area contributed by atoms with E-state index in [1.165, 1.54) is 4.47 Å². The van der Waals surface area contributed by atoms with Crippen LogP contribution in [0.1, 0.15) is 68.2 Å². The Labute approximate surface area is 188 Å². The van der Waals surface area contributed by atoms with Crippen LogP contribution in [0.4, 0.5) is 0 Å². The molecular weight excluding hydrogens is 416 g/mol. The smallest absolute Gasteiger partial charge is 0.265 e. The van der Waals surface area contributed by atoms with Crippen molar-refractivity contribution in [2.75, 3.05) is 33.4 Å². The van der Waals surface area contributed by atoms with Gasteiger partial charge in [0.25, 0.3) is 10.0 Å². The van der Waals surface area contributed by atoms with E-state index in [1.807, 2.05) is 20.8 Å². The van der Waals surface area contributed by atoms with Gasteiger partial charge in [-0.3, -0.25) is 4.84 Å². The van der Waals surface area contributed by atoms with Crippen LogP contribution in [0, 0.1) is 20.8 Å². The summed E-state index contributed by atoms with van der Waals surface area (Å²) in [5.41, 5.74) is 8.69. The first kappa shape index (κ1) is 26.1. The highest BCUT2D eigenvalue weighted by molar-refractivity contribution is 7.89. The van der Waals surface area contributed by atoms with Gasteiger partial charge < -0.3 is 15.2 Å². The zero-order valence-electron chi connectivity index (χ0n) is 20.0. The molecule has 0 saturated carbocycles. The molecule has 0 bridgehead atoms. The van der Waals surface area contributed by atoms with Crippen molar-refractivity contribution in [3.8, 4) is 5.75 Å². The molecule has 7 nitrogen and oxygen atoms in total. The lowest BCUT2D eigenvalue weighted by Crippen LogP contribution is -2.36. The van der Waals surface area contributed by atoms with Crippen LogP contribution in [-0.4, -0.2) is 51.9 Å². The third-order valence-corrected chi connectivity index (χ3v) is 7.92. The van der Waals surface area contributed by atoms with Crippen molar-refractivity contribution in [2.45, 2.75) is 83.6 Å². The number of benzene rings is 1. The first-order valence-corrected chi connectivity index (χ1v) is 12.7. The lowest BCUT2D eigenvalue weighted by Gasteiger charge is -2.36. The summed E-state index contributed by atoms with van der Waals surface area (Å²) >= 11 is 0. The van der Waals surface area contributed by atoms with Gasteiger partial charge in [0, 0.05) is 20.3 Å². The van der Waals surface area contributed by atoms with Crippen LogP contribution in [0.2, 0.25) is 0 Å². The van der Waals surface area contributed by atoms with Crippen molar-refractivity contribution in [2.24, 2.45) is 5.73 Å². The van der Waals surface area contributed by atoms with Crippen molar-refractivity contribution in [1.29, 1.82) is 0 Å². The average Bonchev–Trinajstić information content (AvgIpc) is 2.69. The lowest BCUT2D eigenvalue weighted by molar-refractivity contribution is -0.0855. The van der Waals surface area contributed by atoms with E-state index >= 15 is 0 Å². The van der Waals surface area contributed by atoms with E-state index in [2.05, 4.69) is 13.8 Å². The minimum atomic E-state index is -3.84. The largest absolute Gasteiger partial charge is 0.487 e. The number of hydroxylamine groups is 1. The van der Waals surface area contributed by atoms with Crippen LogP contribution < -0.4 is 10.5 Å². The highest BCUT2D eigenvalue weighted by atomic mass is 32.2. The van der Waals surface area contributed by atoms with Gasteiger partial charge >= 0.3 is 0 Å². The van der Waals surface area contributed by atoms with Crippen LogP contribution in [0.3, 0.4) is 0 Å². The quantitative estimate of drug-likeness (QED) is 0.380. The molecule has 0 radical (unpaired) electrons. The van der Waals surface area contributed by atoms with Crippen molar-refractivity contribution in [3.63, 3.8) is 0 Å². The first-order chi connectivity index (χ1) is 14.6. The van der Waals surface area contributed by atoms with E-state index in [0.717, 1.165) is 53.7 Å². The molecule has 0 unspecified atom stereocenters. The van der Waals surface area contributed by atoms with E-state index in [1.54, 1.807) is 7.11 Å². The summed E-state index contributed by atoms with van der Waals surface area (Å²) in [6.45, 7) is 11.5. The summed E-state index contributed by atoms with van der Waals surface area (Å²) in [7, 11) is -2.17. The van der Waals surface area contributed by atoms with E-state index in [-0.39, 0.29) is 12.2 Å². The maximum atomic E-state index is 13.8. The summed E-state index contributed by atoms with van der Waals surface area (Å²) in [6, 6.07) is 0. The Morgan fingerprint density at radius 1 is 1.03 bits per heavy atom. The SMILES string of the molecule is COCCCCCN(OCCCN)S(=O)(=O)c1c(C)c(C)c2c(c1C)CCC(C)(C)O2. The Hall–Kier alpha value is -1.19. The summed E-state index contributed by atoms with van der Waals surface area (Å²) in [4.78, 5) is 6.08. The van der Waals surface area contributed by atoms with Crippen LogP contribution >= 0.6 is 0 Å². The molecule has 0 spiro atoms. The molecule has 0 saturated heterocycles. The third kappa shape index (κ3) is 6.20. The van der Waals surface area contributed by atoms with Gasteiger partial charge in [-0.1, -0.05) is 4.47 Å². The van der Waals surface area contributed by atoms with Gasteiger partial charge in [-0.2, -0.15) is 0 Å². The number of hydrogen-bond acceptors (Lipinski definition) is 6. The van der Waals surface area contributed by atoms with Crippen LogP contribution in [0.5, 0.6) is 5.75 Å². The van der Waals surface area contributed by atoms with Gasteiger partial charge in [0.15, 0.2) is 0 Å². The van der Waals surface area contributed by atoms with Gasteiger partial charge in [0.05, 0.1) is 11.5 Å². The predicted molar refractivity (Wildman–Crippen MR) is 123 cm³/mol. The number of unbranched alkanes of at least 4 members (excludes halogenated alkanes) is 2. The number of methoxy groups -OCH3 is 1. The fourth-order valence-electron chi connectivity index (χ4n) is 4.00. The molecule has 2 N–H and O–H groups in total. The number of rotatable bonds is 12. The molecular formula is C23H40N2O5S. The summed E-state index contributed by atoms with van der Waals surface area (Å²) in [6.07, 6.45) is 4.69. The summed E-state index contributed by atoms with van der Waals surface area (Å²) < 4.78 is 40.0. The molecule has 0 atom stereocenters.